The normalized spacial score (nSPS) is 15.0. The average molecular weight is 597 g/mol. The van der Waals surface area contributed by atoms with Crippen LogP contribution in [0, 0.1) is 17.0 Å². The third kappa shape index (κ3) is 6.88. The van der Waals surface area contributed by atoms with Gasteiger partial charge in [0.15, 0.2) is 0 Å². The van der Waals surface area contributed by atoms with E-state index < -0.39 is 33.8 Å². The van der Waals surface area contributed by atoms with Crippen LogP contribution in [0.3, 0.4) is 0 Å². The molecule has 2 N–H and O–H groups in total. The number of non-ortho nitro benzene ring substituents is 1. The summed E-state index contributed by atoms with van der Waals surface area (Å²) < 4.78 is 5.57. The van der Waals surface area contributed by atoms with Crippen molar-refractivity contribution in [2.24, 2.45) is 0 Å². The second kappa shape index (κ2) is 12.6. The number of carbonyl (C=O) groups excluding carboxylic acids is 4. The van der Waals surface area contributed by atoms with Gasteiger partial charge in [0.2, 0.25) is 11.8 Å². The SMILES string of the molecule is Cc1ccc(/C=C(\NC(=O)c2ccccc2)C(=O)Nc2cccc(S[C@@H]3CC(=O)N(c4ccc([N+](=O)[O-])cc4)C3=O)c2)o1. The largest absolute Gasteiger partial charge is 0.462 e. The number of benzene rings is 3. The molecule has 216 valence electrons. The molecule has 0 unspecified atom stereocenters. The number of rotatable bonds is 9. The van der Waals surface area contributed by atoms with E-state index >= 15 is 0 Å². The molecule has 5 rings (SSSR count). The predicted octanol–water partition coefficient (Wildman–Crippen LogP) is 5.33. The molecule has 2 heterocycles. The first-order chi connectivity index (χ1) is 20.7. The first kappa shape index (κ1) is 29.0. The number of thioether (sulfide) groups is 1. The number of anilines is 2. The fourth-order valence-corrected chi connectivity index (χ4v) is 5.43. The van der Waals surface area contributed by atoms with Crippen molar-refractivity contribution >= 4 is 58.5 Å². The van der Waals surface area contributed by atoms with Gasteiger partial charge in [0.05, 0.1) is 15.9 Å². The zero-order valence-electron chi connectivity index (χ0n) is 22.7. The minimum Gasteiger partial charge on any atom is -0.462 e. The van der Waals surface area contributed by atoms with Gasteiger partial charge in [-0.25, -0.2) is 4.90 Å². The van der Waals surface area contributed by atoms with E-state index in [-0.39, 0.29) is 23.5 Å². The maximum Gasteiger partial charge on any atom is 0.272 e. The quantitative estimate of drug-likeness (QED) is 0.114. The molecule has 0 saturated carbocycles. The third-order valence-corrected chi connectivity index (χ3v) is 7.55. The molecule has 4 aromatic rings. The Hall–Kier alpha value is -5.49. The topological polar surface area (TPSA) is 152 Å². The Labute approximate surface area is 249 Å². The van der Waals surface area contributed by atoms with Gasteiger partial charge >= 0.3 is 0 Å². The first-order valence-corrected chi connectivity index (χ1v) is 13.9. The lowest BCUT2D eigenvalue weighted by Gasteiger charge is -2.15. The number of furan rings is 1. The Morgan fingerprint density at radius 2 is 1.74 bits per heavy atom. The fourth-order valence-electron chi connectivity index (χ4n) is 4.32. The molecule has 1 aliphatic rings. The lowest BCUT2D eigenvalue weighted by molar-refractivity contribution is -0.384. The molecule has 1 fully saturated rings. The van der Waals surface area contributed by atoms with Crippen LogP contribution in [0.15, 0.2) is 106 Å². The molecule has 1 aromatic heterocycles. The van der Waals surface area contributed by atoms with Crippen molar-refractivity contribution < 1.29 is 28.5 Å². The lowest BCUT2D eigenvalue weighted by atomic mass is 10.2. The van der Waals surface area contributed by atoms with Crippen molar-refractivity contribution in [2.75, 3.05) is 10.2 Å². The predicted molar refractivity (Wildman–Crippen MR) is 160 cm³/mol. The second-order valence-electron chi connectivity index (χ2n) is 9.46. The van der Waals surface area contributed by atoms with Gasteiger partial charge in [0.1, 0.15) is 17.2 Å². The Kier molecular flexibility index (Phi) is 8.49. The van der Waals surface area contributed by atoms with E-state index in [9.17, 15) is 29.3 Å². The van der Waals surface area contributed by atoms with E-state index in [4.69, 9.17) is 4.42 Å². The summed E-state index contributed by atoms with van der Waals surface area (Å²) in [7, 11) is 0. The number of hydrogen-bond donors (Lipinski definition) is 2. The van der Waals surface area contributed by atoms with Gasteiger partial charge < -0.3 is 15.1 Å². The molecule has 0 aliphatic carbocycles. The number of carbonyl (C=O) groups is 4. The van der Waals surface area contributed by atoms with Crippen LogP contribution < -0.4 is 15.5 Å². The number of nitro groups is 1. The van der Waals surface area contributed by atoms with Crippen LogP contribution >= 0.6 is 11.8 Å². The standard InChI is InChI=1S/C31H24N4O7S/c1-19-10-15-24(42-19)17-26(33-29(37)20-6-3-2-4-7-20)30(38)32-21-8-5-9-25(16-21)43-27-18-28(36)34(31(27)39)22-11-13-23(14-12-22)35(40)41/h2-17,27H,18H2,1H3,(H,32,38)(H,33,37)/b26-17-/t27-/m1/s1. The Balaban J connectivity index is 1.30. The van der Waals surface area contributed by atoms with Crippen molar-refractivity contribution in [3.63, 3.8) is 0 Å². The van der Waals surface area contributed by atoms with E-state index in [1.54, 1.807) is 73.7 Å². The summed E-state index contributed by atoms with van der Waals surface area (Å²) >= 11 is 1.16. The second-order valence-corrected chi connectivity index (χ2v) is 10.7. The molecule has 3 aromatic carbocycles. The smallest absolute Gasteiger partial charge is 0.272 e. The number of aryl methyl sites for hydroxylation is 1. The van der Waals surface area contributed by atoms with Crippen LogP contribution in [0.4, 0.5) is 17.1 Å². The highest BCUT2D eigenvalue weighted by Crippen LogP contribution is 2.35. The summed E-state index contributed by atoms with van der Waals surface area (Å²) in [4.78, 5) is 64.0. The van der Waals surface area contributed by atoms with Crippen molar-refractivity contribution in [2.45, 2.75) is 23.5 Å². The Morgan fingerprint density at radius 3 is 2.42 bits per heavy atom. The molecule has 1 saturated heterocycles. The highest BCUT2D eigenvalue weighted by atomic mass is 32.2. The van der Waals surface area contributed by atoms with Crippen LogP contribution in [0.2, 0.25) is 0 Å². The van der Waals surface area contributed by atoms with Crippen LogP contribution in [0.25, 0.3) is 6.08 Å². The minimum atomic E-state index is -0.726. The van der Waals surface area contributed by atoms with E-state index in [1.165, 1.54) is 30.3 Å². The molecular weight excluding hydrogens is 572 g/mol. The highest BCUT2D eigenvalue weighted by Gasteiger charge is 2.40. The molecule has 0 bridgehead atoms. The maximum atomic E-state index is 13.3. The maximum absolute atomic E-state index is 13.3. The number of imide groups is 1. The van der Waals surface area contributed by atoms with Crippen LogP contribution in [-0.2, 0) is 14.4 Å². The summed E-state index contributed by atoms with van der Waals surface area (Å²) in [6.45, 7) is 1.76. The van der Waals surface area contributed by atoms with Crippen LogP contribution in [0.1, 0.15) is 28.3 Å². The third-order valence-electron chi connectivity index (χ3n) is 6.37. The van der Waals surface area contributed by atoms with Gasteiger partial charge in [-0.1, -0.05) is 24.3 Å². The molecule has 0 spiro atoms. The van der Waals surface area contributed by atoms with E-state index in [2.05, 4.69) is 10.6 Å². The number of nitrogens with zero attached hydrogens (tertiary/aromatic N) is 2. The van der Waals surface area contributed by atoms with Gasteiger partial charge in [-0.2, -0.15) is 0 Å². The molecule has 12 heteroatoms. The summed E-state index contributed by atoms with van der Waals surface area (Å²) in [5, 5.41) is 15.6. The van der Waals surface area contributed by atoms with Gasteiger partial charge in [0.25, 0.3) is 17.5 Å². The van der Waals surface area contributed by atoms with Crippen molar-refractivity contribution in [1.29, 1.82) is 0 Å². The molecule has 1 aliphatic heterocycles. The van der Waals surface area contributed by atoms with Gasteiger partial charge in [-0.15, -0.1) is 11.8 Å². The summed E-state index contributed by atoms with van der Waals surface area (Å²) in [6, 6.07) is 23.8. The molecular formula is C31H24N4O7S. The Morgan fingerprint density at radius 1 is 1.00 bits per heavy atom. The fraction of sp³-hybridized carbons (Fsp3) is 0.0968. The highest BCUT2D eigenvalue weighted by molar-refractivity contribution is 8.00. The number of nitrogens with one attached hydrogen (secondary N) is 2. The van der Waals surface area contributed by atoms with Crippen molar-refractivity contribution in [1.82, 2.24) is 5.32 Å². The first-order valence-electron chi connectivity index (χ1n) is 13.0. The molecule has 11 nitrogen and oxygen atoms in total. The zero-order valence-corrected chi connectivity index (χ0v) is 23.5. The Bertz CT molecular complexity index is 1750. The number of nitro benzene ring substituents is 1. The van der Waals surface area contributed by atoms with Gasteiger partial charge in [0, 0.05) is 40.8 Å². The minimum absolute atomic E-state index is 0.0448. The summed E-state index contributed by atoms with van der Waals surface area (Å²) in [5.74, 6) is -0.924. The van der Waals surface area contributed by atoms with E-state index in [0.29, 0.717) is 27.7 Å². The molecule has 43 heavy (non-hydrogen) atoms. The van der Waals surface area contributed by atoms with E-state index in [0.717, 1.165) is 16.7 Å². The zero-order chi connectivity index (χ0) is 30.5. The van der Waals surface area contributed by atoms with Crippen LogP contribution in [-0.4, -0.2) is 33.8 Å². The van der Waals surface area contributed by atoms with Gasteiger partial charge in [-0.3, -0.25) is 29.3 Å². The van der Waals surface area contributed by atoms with Crippen LogP contribution in [0.5, 0.6) is 0 Å². The summed E-state index contributed by atoms with van der Waals surface area (Å²) in [5.41, 5.74) is 0.831. The van der Waals surface area contributed by atoms with Gasteiger partial charge in [-0.05, 0) is 61.5 Å². The molecule has 1 atom stereocenters. The lowest BCUT2D eigenvalue weighted by Crippen LogP contribution is -2.31. The van der Waals surface area contributed by atoms with Crippen molar-refractivity contribution in [3.8, 4) is 0 Å². The monoisotopic (exact) mass is 596 g/mol. The summed E-state index contributed by atoms with van der Waals surface area (Å²) in [6.07, 6.45) is 1.37. The van der Waals surface area contributed by atoms with Crippen molar-refractivity contribution in [3.05, 3.63) is 124 Å². The molecule has 0 radical (unpaired) electrons. The molecule has 4 amide bonds. The average Bonchev–Trinajstić information content (AvgIpc) is 3.53. The number of hydrogen-bond acceptors (Lipinski definition) is 8. The number of amides is 4. The van der Waals surface area contributed by atoms with E-state index in [1.807, 2.05) is 0 Å².